The Morgan fingerprint density at radius 1 is 1.00 bits per heavy atom. The molecule has 0 aliphatic rings. The third-order valence-corrected chi connectivity index (χ3v) is 3.77. The Morgan fingerprint density at radius 2 is 1.67 bits per heavy atom. The fourth-order valence-electron chi connectivity index (χ4n) is 2.25. The lowest BCUT2D eigenvalue weighted by molar-refractivity contribution is -0.137. The third-order valence-electron chi connectivity index (χ3n) is 3.77. The molecule has 0 bridgehead atoms. The molecule has 3 amide bonds. The molecular formula is C19H20F3N3O2. The van der Waals surface area contributed by atoms with Gasteiger partial charge in [-0.3, -0.25) is 4.79 Å². The second-order valence-electron chi connectivity index (χ2n) is 6.17. The molecule has 144 valence electrons. The number of anilines is 1. The average molecular weight is 379 g/mol. The first-order chi connectivity index (χ1) is 12.6. The van der Waals surface area contributed by atoms with Crippen LogP contribution in [0.3, 0.4) is 0 Å². The maximum atomic E-state index is 12.7. The molecule has 0 radical (unpaired) electrons. The summed E-state index contributed by atoms with van der Waals surface area (Å²) in [6.07, 6.45) is -4.16. The van der Waals surface area contributed by atoms with Gasteiger partial charge in [-0.05, 0) is 35.4 Å². The molecule has 0 aliphatic carbocycles. The lowest BCUT2D eigenvalue weighted by atomic mass is 10.1. The first-order valence-corrected chi connectivity index (χ1v) is 8.15. The van der Waals surface area contributed by atoms with Crippen molar-refractivity contribution in [3.05, 3.63) is 65.2 Å². The minimum atomic E-state index is -4.42. The maximum absolute atomic E-state index is 12.7. The molecule has 0 aliphatic heterocycles. The normalized spacial score (nSPS) is 11.0. The number of rotatable bonds is 5. The van der Waals surface area contributed by atoms with Crippen molar-refractivity contribution in [3.8, 4) is 0 Å². The van der Waals surface area contributed by atoms with Crippen LogP contribution in [0.2, 0.25) is 0 Å². The maximum Gasteiger partial charge on any atom is 0.416 e. The smallest absolute Gasteiger partial charge is 0.349 e. The number of nitrogens with one attached hydrogen (secondary N) is 2. The Labute approximate surface area is 155 Å². The standard InChI is InChI=1S/C19H20F3N3O2/c1-25(2)17(26)11-13-6-8-16(9-7-13)24-18(27)23-12-14-4-3-5-15(10-14)19(20,21)22/h3-10H,11-12H2,1-2H3,(H2,23,24,27). The van der Waals surface area contributed by atoms with Crippen LogP contribution in [0.4, 0.5) is 23.7 Å². The number of hydrogen-bond acceptors (Lipinski definition) is 2. The molecular weight excluding hydrogens is 359 g/mol. The lowest BCUT2D eigenvalue weighted by Gasteiger charge is -2.12. The summed E-state index contributed by atoms with van der Waals surface area (Å²) < 4.78 is 38.1. The van der Waals surface area contributed by atoms with Gasteiger partial charge in [0.1, 0.15) is 0 Å². The van der Waals surface area contributed by atoms with Gasteiger partial charge in [-0.1, -0.05) is 24.3 Å². The number of amides is 3. The van der Waals surface area contributed by atoms with Crippen LogP contribution in [0.1, 0.15) is 16.7 Å². The molecule has 0 atom stereocenters. The largest absolute Gasteiger partial charge is 0.416 e. The van der Waals surface area contributed by atoms with E-state index < -0.39 is 17.8 Å². The lowest BCUT2D eigenvalue weighted by Crippen LogP contribution is -2.28. The van der Waals surface area contributed by atoms with Crippen LogP contribution in [0.5, 0.6) is 0 Å². The summed E-state index contributed by atoms with van der Waals surface area (Å²) in [4.78, 5) is 25.1. The molecule has 0 unspecified atom stereocenters. The summed E-state index contributed by atoms with van der Waals surface area (Å²) >= 11 is 0. The number of carbonyl (C=O) groups excluding carboxylic acids is 2. The summed E-state index contributed by atoms with van der Waals surface area (Å²) in [5, 5.41) is 5.10. The second-order valence-corrected chi connectivity index (χ2v) is 6.17. The van der Waals surface area contributed by atoms with Crippen LogP contribution in [0, 0.1) is 0 Å². The molecule has 27 heavy (non-hydrogen) atoms. The molecule has 0 aromatic heterocycles. The van der Waals surface area contributed by atoms with Crippen LogP contribution in [0.15, 0.2) is 48.5 Å². The van der Waals surface area contributed by atoms with Crippen LogP contribution in [-0.2, 0) is 23.9 Å². The van der Waals surface area contributed by atoms with Gasteiger partial charge in [-0.15, -0.1) is 0 Å². The molecule has 0 fully saturated rings. The highest BCUT2D eigenvalue weighted by Gasteiger charge is 2.30. The van der Waals surface area contributed by atoms with Crippen LogP contribution in [-0.4, -0.2) is 30.9 Å². The van der Waals surface area contributed by atoms with E-state index in [9.17, 15) is 22.8 Å². The molecule has 2 aromatic rings. The highest BCUT2D eigenvalue weighted by atomic mass is 19.4. The Morgan fingerprint density at radius 3 is 2.26 bits per heavy atom. The molecule has 0 saturated carbocycles. The monoisotopic (exact) mass is 379 g/mol. The fraction of sp³-hybridized carbons (Fsp3) is 0.263. The molecule has 0 heterocycles. The zero-order chi connectivity index (χ0) is 20.0. The summed E-state index contributed by atoms with van der Waals surface area (Å²) in [5.74, 6) is -0.0328. The molecule has 0 saturated heterocycles. The van der Waals surface area contributed by atoms with E-state index in [1.807, 2.05) is 0 Å². The molecule has 2 N–H and O–H groups in total. The van der Waals surface area contributed by atoms with E-state index in [-0.39, 0.29) is 18.9 Å². The molecule has 2 aromatic carbocycles. The third kappa shape index (κ3) is 6.32. The van der Waals surface area contributed by atoms with Crippen molar-refractivity contribution in [3.63, 3.8) is 0 Å². The van der Waals surface area contributed by atoms with Crippen LogP contribution >= 0.6 is 0 Å². The summed E-state index contributed by atoms with van der Waals surface area (Å²) in [6.45, 7) is -0.0365. The number of halogens is 3. The van der Waals surface area contributed by atoms with Gasteiger partial charge in [0.2, 0.25) is 5.91 Å². The molecule has 8 heteroatoms. The number of alkyl halides is 3. The van der Waals surface area contributed by atoms with E-state index in [0.29, 0.717) is 11.3 Å². The summed E-state index contributed by atoms with van der Waals surface area (Å²) in [7, 11) is 3.35. The number of nitrogens with zero attached hydrogens (tertiary/aromatic N) is 1. The highest BCUT2D eigenvalue weighted by Crippen LogP contribution is 2.29. The van der Waals surface area contributed by atoms with Gasteiger partial charge >= 0.3 is 12.2 Å². The summed E-state index contributed by atoms with van der Waals surface area (Å²) in [5.41, 5.74) is 0.906. The number of likely N-dealkylation sites (N-methyl/N-ethyl adjacent to an activating group) is 1. The van der Waals surface area contributed by atoms with Crippen molar-refractivity contribution >= 4 is 17.6 Å². The van der Waals surface area contributed by atoms with Gasteiger partial charge in [0.05, 0.1) is 12.0 Å². The van der Waals surface area contributed by atoms with Gasteiger partial charge in [0.15, 0.2) is 0 Å². The first-order valence-electron chi connectivity index (χ1n) is 8.15. The van der Waals surface area contributed by atoms with Crippen LogP contribution in [0.25, 0.3) is 0 Å². The quantitative estimate of drug-likeness (QED) is 0.833. The second kappa shape index (κ2) is 8.57. The van der Waals surface area contributed by atoms with E-state index in [2.05, 4.69) is 10.6 Å². The molecule has 2 rings (SSSR count). The molecule has 5 nitrogen and oxygen atoms in total. The molecule has 0 spiro atoms. The number of carbonyl (C=O) groups is 2. The van der Waals surface area contributed by atoms with Gasteiger partial charge in [0, 0.05) is 26.3 Å². The van der Waals surface area contributed by atoms with E-state index in [0.717, 1.165) is 17.7 Å². The Kier molecular flexibility index (Phi) is 6.44. The van der Waals surface area contributed by atoms with Gasteiger partial charge in [-0.25, -0.2) is 4.79 Å². The Bertz CT molecular complexity index is 803. The van der Waals surface area contributed by atoms with Crippen molar-refractivity contribution in [2.75, 3.05) is 19.4 Å². The predicted octanol–water partition coefficient (Wildman–Crippen LogP) is 3.66. The number of hydrogen-bond donors (Lipinski definition) is 2. The van der Waals surface area contributed by atoms with Crippen molar-refractivity contribution in [2.24, 2.45) is 0 Å². The van der Waals surface area contributed by atoms with E-state index in [1.54, 1.807) is 38.4 Å². The van der Waals surface area contributed by atoms with E-state index in [1.165, 1.54) is 17.0 Å². The first kappa shape index (κ1) is 20.3. The zero-order valence-electron chi connectivity index (χ0n) is 14.9. The van der Waals surface area contributed by atoms with Crippen molar-refractivity contribution < 1.29 is 22.8 Å². The number of urea groups is 1. The van der Waals surface area contributed by atoms with Crippen LogP contribution < -0.4 is 10.6 Å². The topological polar surface area (TPSA) is 61.4 Å². The van der Waals surface area contributed by atoms with Crippen molar-refractivity contribution in [1.82, 2.24) is 10.2 Å². The van der Waals surface area contributed by atoms with E-state index in [4.69, 9.17) is 0 Å². The zero-order valence-corrected chi connectivity index (χ0v) is 14.9. The minimum absolute atomic E-state index is 0.0328. The van der Waals surface area contributed by atoms with Gasteiger partial charge in [0.25, 0.3) is 0 Å². The van der Waals surface area contributed by atoms with Crippen molar-refractivity contribution in [2.45, 2.75) is 19.1 Å². The average Bonchev–Trinajstić information content (AvgIpc) is 2.61. The number of benzene rings is 2. The van der Waals surface area contributed by atoms with E-state index >= 15 is 0 Å². The van der Waals surface area contributed by atoms with Crippen molar-refractivity contribution in [1.29, 1.82) is 0 Å². The van der Waals surface area contributed by atoms with Gasteiger partial charge < -0.3 is 15.5 Å². The Balaban J connectivity index is 1.88. The predicted molar refractivity (Wildman–Crippen MR) is 96.1 cm³/mol. The minimum Gasteiger partial charge on any atom is -0.349 e. The summed E-state index contributed by atoms with van der Waals surface area (Å²) in [6, 6.07) is 11.0. The SMILES string of the molecule is CN(C)C(=O)Cc1ccc(NC(=O)NCc2cccc(C(F)(F)F)c2)cc1. The van der Waals surface area contributed by atoms with Gasteiger partial charge in [-0.2, -0.15) is 13.2 Å². The Hall–Kier alpha value is -3.03. The fourth-order valence-corrected chi connectivity index (χ4v) is 2.25. The highest BCUT2D eigenvalue weighted by molar-refractivity contribution is 5.89.